The van der Waals surface area contributed by atoms with Crippen LogP contribution in [0.15, 0.2) is 85.6 Å². The van der Waals surface area contributed by atoms with Gasteiger partial charge in [0.2, 0.25) is 0 Å². The molecule has 0 radical (unpaired) electrons. The minimum Gasteiger partial charge on any atom is -0.457 e. The highest BCUT2D eigenvalue weighted by Gasteiger charge is 2.10. The van der Waals surface area contributed by atoms with Crippen molar-refractivity contribution in [2.75, 3.05) is 5.32 Å². The molecule has 1 aromatic heterocycles. The summed E-state index contributed by atoms with van der Waals surface area (Å²) in [6.45, 7) is 8.30. The van der Waals surface area contributed by atoms with Crippen molar-refractivity contribution >= 4 is 17.2 Å². The van der Waals surface area contributed by atoms with Crippen molar-refractivity contribution in [2.45, 2.75) is 20.4 Å². The first-order valence-corrected chi connectivity index (χ1v) is 10.8. The van der Waals surface area contributed by atoms with Crippen LogP contribution < -0.4 is 15.4 Å². The summed E-state index contributed by atoms with van der Waals surface area (Å²) in [4.78, 5) is 4.38. The molecule has 0 fully saturated rings. The molecule has 6 heteroatoms. The summed E-state index contributed by atoms with van der Waals surface area (Å²) >= 11 is 0. The zero-order valence-electron chi connectivity index (χ0n) is 19.0. The lowest BCUT2D eigenvalue weighted by atomic mass is 10.0. The van der Waals surface area contributed by atoms with Crippen LogP contribution in [0.1, 0.15) is 25.1 Å². The van der Waals surface area contributed by atoms with E-state index in [-0.39, 0.29) is 9.40 Å². The van der Waals surface area contributed by atoms with Gasteiger partial charge in [0.25, 0.3) is 0 Å². The normalized spacial score (nSPS) is 10.6. The Labute approximate surface area is 200 Å². The Hall–Kier alpha value is -4.19. The molecule has 0 spiro atoms. The summed E-state index contributed by atoms with van der Waals surface area (Å²) in [6, 6.07) is 20.7. The van der Waals surface area contributed by atoms with Crippen LogP contribution in [0.2, 0.25) is 0 Å². The van der Waals surface area contributed by atoms with Crippen molar-refractivity contribution in [2.24, 2.45) is 0 Å². The second kappa shape index (κ2) is 10.2. The Kier molecular flexibility index (Phi) is 6.87. The average Bonchev–Trinajstić information content (AvgIpc) is 2.80. The maximum Gasteiger partial charge on any atom is 0.134 e. The number of para-hydroxylation sites is 1. The molecule has 0 saturated heterocycles. The summed E-state index contributed by atoms with van der Waals surface area (Å²) in [6.07, 6.45) is 1.69. The fourth-order valence-corrected chi connectivity index (χ4v) is 3.59. The summed E-state index contributed by atoms with van der Waals surface area (Å²) < 4.78 is 33.1. The molecule has 0 aliphatic heterocycles. The number of aryl methyl sites for hydroxylation is 1. The quantitative estimate of drug-likeness (QED) is 0.281. The lowest BCUT2D eigenvalue weighted by Gasteiger charge is -2.16. The predicted octanol–water partition coefficient (Wildman–Crippen LogP) is 7.77. The summed E-state index contributed by atoms with van der Waals surface area (Å²) in [5, 5.41) is 6.45. The first kappa shape index (κ1) is 23.0. The number of hydrogen-bond acceptors (Lipinski definition) is 4. The zero-order chi connectivity index (χ0) is 24.1. The van der Waals surface area contributed by atoms with Crippen molar-refractivity contribution in [1.82, 2.24) is 10.3 Å². The maximum absolute atomic E-state index is 13.5. The Balaban J connectivity index is 0.00000228. The van der Waals surface area contributed by atoms with Gasteiger partial charge in [-0.05, 0) is 55.3 Å². The van der Waals surface area contributed by atoms with Crippen molar-refractivity contribution in [3.63, 3.8) is 0 Å². The molecular formula is C28H29F2N3O. The number of halogens is 2. The summed E-state index contributed by atoms with van der Waals surface area (Å²) in [7, 11) is 0. The van der Waals surface area contributed by atoms with E-state index in [9.17, 15) is 8.78 Å². The molecule has 3 aromatic carbocycles. The van der Waals surface area contributed by atoms with Crippen LogP contribution in [0, 0.1) is 25.5 Å². The molecule has 0 atom stereocenters. The SMILES string of the molecule is C=C(NCc1cc(F)cc(F)c1)c1cccc(Oc2ccnc(Nc3ccccc3C)c2)c1C.[HH].[HH]. The van der Waals surface area contributed by atoms with Gasteiger partial charge < -0.3 is 15.4 Å². The molecule has 1 heterocycles. The molecule has 4 rings (SSSR count). The standard InChI is InChI=1S/C28H25F2N3O.2H2/c1-18-7-4-5-9-26(18)33-28-16-24(11-12-31-28)34-27-10-6-8-25(19(27)2)20(3)32-17-21-13-22(29)15-23(30)14-21;;/h4-16,32H,3,17H2,1-2H3,(H,31,33);2*1H. The largest absolute Gasteiger partial charge is 0.457 e. The van der Waals surface area contributed by atoms with E-state index >= 15 is 0 Å². The first-order chi connectivity index (χ1) is 16.4. The van der Waals surface area contributed by atoms with E-state index in [0.29, 0.717) is 28.6 Å². The Morgan fingerprint density at radius 3 is 2.50 bits per heavy atom. The van der Waals surface area contributed by atoms with E-state index in [0.717, 1.165) is 28.4 Å². The predicted molar refractivity (Wildman–Crippen MR) is 136 cm³/mol. The molecular weight excluding hydrogens is 432 g/mol. The second-order valence-electron chi connectivity index (χ2n) is 7.96. The van der Waals surface area contributed by atoms with Gasteiger partial charge in [0, 0.05) is 50.2 Å². The molecule has 0 amide bonds. The van der Waals surface area contributed by atoms with E-state index in [4.69, 9.17) is 4.74 Å². The molecule has 0 aliphatic rings. The molecule has 34 heavy (non-hydrogen) atoms. The Morgan fingerprint density at radius 1 is 0.971 bits per heavy atom. The molecule has 0 bridgehead atoms. The fraction of sp³-hybridized carbons (Fsp3) is 0.107. The van der Waals surface area contributed by atoms with Gasteiger partial charge in [-0.3, -0.25) is 0 Å². The number of nitrogens with one attached hydrogen (secondary N) is 2. The van der Waals surface area contributed by atoms with Crippen LogP contribution in [-0.4, -0.2) is 4.98 Å². The number of rotatable bonds is 8. The van der Waals surface area contributed by atoms with Crippen LogP contribution in [0.3, 0.4) is 0 Å². The zero-order valence-corrected chi connectivity index (χ0v) is 19.0. The topological polar surface area (TPSA) is 46.2 Å². The maximum atomic E-state index is 13.5. The van der Waals surface area contributed by atoms with Gasteiger partial charge in [0.15, 0.2) is 0 Å². The van der Waals surface area contributed by atoms with Crippen molar-refractivity contribution in [3.05, 3.63) is 119 Å². The lowest BCUT2D eigenvalue weighted by Crippen LogP contribution is -2.12. The first-order valence-electron chi connectivity index (χ1n) is 10.8. The number of benzene rings is 3. The number of ether oxygens (including phenoxy) is 1. The number of aromatic nitrogens is 1. The molecule has 176 valence electrons. The number of nitrogens with zero attached hydrogens (tertiary/aromatic N) is 1. The number of hydrogen-bond donors (Lipinski definition) is 2. The molecule has 4 nitrogen and oxygen atoms in total. The monoisotopic (exact) mass is 461 g/mol. The van der Waals surface area contributed by atoms with Gasteiger partial charge in [0.05, 0.1) is 0 Å². The van der Waals surface area contributed by atoms with Crippen molar-refractivity contribution in [3.8, 4) is 11.5 Å². The van der Waals surface area contributed by atoms with Gasteiger partial charge in [-0.1, -0.05) is 36.9 Å². The molecule has 2 N–H and O–H groups in total. The van der Waals surface area contributed by atoms with Gasteiger partial charge in [-0.25, -0.2) is 13.8 Å². The fourth-order valence-electron chi connectivity index (χ4n) is 3.59. The minimum atomic E-state index is -0.609. The third-order valence-electron chi connectivity index (χ3n) is 5.40. The summed E-state index contributed by atoms with van der Waals surface area (Å²) in [5.41, 5.74) is 4.95. The van der Waals surface area contributed by atoms with Gasteiger partial charge in [0.1, 0.15) is 29.0 Å². The lowest BCUT2D eigenvalue weighted by molar-refractivity contribution is 0.478. The number of pyridine rings is 1. The minimum absolute atomic E-state index is 0. The Morgan fingerprint density at radius 2 is 1.74 bits per heavy atom. The highest BCUT2D eigenvalue weighted by atomic mass is 19.1. The van der Waals surface area contributed by atoms with E-state index in [1.54, 1.807) is 12.3 Å². The van der Waals surface area contributed by atoms with Gasteiger partial charge >= 0.3 is 0 Å². The second-order valence-corrected chi connectivity index (χ2v) is 7.96. The molecule has 4 aromatic rings. The van der Waals surface area contributed by atoms with Crippen LogP contribution in [-0.2, 0) is 6.54 Å². The highest BCUT2D eigenvalue weighted by Crippen LogP contribution is 2.31. The van der Waals surface area contributed by atoms with Crippen LogP contribution in [0.4, 0.5) is 20.3 Å². The molecule has 0 aliphatic carbocycles. The third-order valence-corrected chi connectivity index (χ3v) is 5.40. The smallest absolute Gasteiger partial charge is 0.134 e. The van der Waals surface area contributed by atoms with E-state index in [1.807, 2.05) is 62.4 Å². The van der Waals surface area contributed by atoms with E-state index in [2.05, 4.69) is 22.2 Å². The number of anilines is 2. The Bertz CT molecular complexity index is 1330. The van der Waals surface area contributed by atoms with Gasteiger partial charge in [-0.2, -0.15) is 0 Å². The van der Waals surface area contributed by atoms with Crippen molar-refractivity contribution in [1.29, 1.82) is 0 Å². The van der Waals surface area contributed by atoms with E-state index < -0.39 is 11.6 Å². The van der Waals surface area contributed by atoms with Gasteiger partial charge in [-0.15, -0.1) is 0 Å². The van der Waals surface area contributed by atoms with Crippen molar-refractivity contribution < 1.29 is 16.4 Å². The summed E-state index contributed by atoms with van der Waals surface area (Å²) in [5.74, 6) is 0.768. The van der Waals surface area contributed by atoms with Crippen LogP contribution in [0.5, 0.6) is 11.5 Å². The molecule has 0 saturated carbocycles. The van der Waals surface area contributed by atoms with E-state index in [1.165, 1.54) is 12.1 Å². The highest BCUT2D eigenvalue weighted by molar-refractivity contribution is 5.67. The van der Waals surface area contributed by atoms with Crippen LogP contribution >= 0.6 is 0 Å². The molecule has 0 unspecified atom stereocenters. The third kappa shape index (κ3) is 5.59. The van der Waals surface area contributed by atoms with Crippen LogP contribution in [0.25, 0.3) is 5.70 Å². The average molecular weight is 462 g/mol.